The molecular formula is C22H31N5OS. The number of nitrogens with one attached hydrogen (secondary N) is 3. The van der Waals surface area contributed by atoms with Crippen molar-refractivity contribution in [3.63, 3.8) is 0 Å². The number of carbonyl (C=O) groups is 1. The molecule has 0 saturated heterocycles. The highest BCUT2D eigenvalue weighted by molar-refractivity contribution is 7.09. The van der Waals surface area contributed by atoms with Crippen LogP contribution in [0.2, 0.25) is 0 Å². The SMILES string of the molecule is CN=C(NCCc1csc(C)n1)NCc1cccc(NC(=O)C2CCCCC2)c1. The van der Waals surface area contributed by atoms with Gasteiger partial charge in [-0.3, -0.25) is 9.79 Å². The van der Waals surface area contributed by atoms with E-state index in [9.17, 15) is 4.79 Å². The van der Waals surface area contributed by atoms with Crippen LogP contribution >= 0.6 is 11.3 Å². The fourth-order valence-electron chi connectivity index (χ4n) is 3.61. The fraction of sp³-hybridized carbons (Fsp3) is 0.500. The molecule has 0 aliphatic heterocycles. The fourth-order valence-corrected chi connectivity index (χ4v) is 4.25. The van der Waals surface area contributed by atoms with Crippen molar-refractivity contribution in [2.24, 2.45) is 10.9 Å². The van der Waals surface area contributed by atoms with Crippen LogP contribution in [0.25, 0.3) is 0 Å². The maximum absolute atomic E-state index is 12.5. The largest absolute Gasteiger partial charge is 0.356 e. The number of anilines is 1. The molecular weight excluding hydrogens is 382 g/mol. The number of rotatable bonds is 7. The highest BCUT2D eigenvalue weighted by Gasteiger charge is 2.21. The molecule has 0 radical (unpaired) electrons. The molecule has 3 N–H and O–H groups in total. The molecule has 0 bridgehead atoms. The van der Waals surface area contributed by atoms with Gasteiger partial charge >= 0.3 is 0 Å². The first-order chi connectivity index (χ1) is 14.1. The first kappa shape index (κ1) is 21.3. The number of aromatic nitrogens is 1. The number of hydrogen-bond donors (Lipinski definition) is 3. The number of benzene rings is 1. The number of aryl methyl sites for hydroxylation is 1. The van der Waals surface area contributed by atoms with Gasteiger partial charge in [0.1, 0.15) is 0 Å². The van der Waals surface area contributed by atoms with Gasteiger partial charge in [0.2, 0.25) is 5.91 Å². The van der Waals surface area contributed by atoms with Crippen LogP contribution in [0.3, 0.4) is 0 Å². The van der Waals surface area contributed by atoms with E-state index >= 15 is 0 Å². The van der Waals surface area contributed by atoms with Gasteiger partial charge in [-0.1, -0.05) is 31.4 Å². The monoisotopic (exact) mass is 413 g/mol. The van der Waals surface area contributed by atoms with Crippen LogP contribution in [0.15, 0.2) is 34.6 Å². The Balaban J connectivity index is 1.45. The minimum atomic E-state index is 0.157. The van der Waals surface area contributed by atoms with Crippen molar-refractivity contribution >= 4 is 28.9 Å². The number of thiazole rings is 1. The van der Waals surface area contributed by atoms with E-state index in [0.717, 1.165) is 66.6 Å². The summed E-state index contributed by atoms with van der Waals surface area (Å²) in [5.74, 6) is 1.08. The Bertz CT molecular complexity index is 826. The average Bonchev–Trinajstić information content (AvgIpc) is 3.16. The van der Waals surface area contributed by atoms with Gasteiger partial charge in [-0.25, -0.2) is 4.98 Å². The van der Waals surface area contributed by atoms with Crippen LogP contribution in [-0.4, -0.2) is 30.4 Å². The topological polar surface area (TPSA) is 78.4 Å². The minimum Gasteiger partial charge on any atom is -0.356 e. The normalized spacial score (nSPS) is 15.2. The first-order valence-electron chi connectivity index (χ1n) is 10.4. The summed E-state index contributed by atoms with van der Waals surface area (Å²) in [5, 5.41) is 12.9. The highest BCUT2D eigenvalue weighted by Crippen LogP contribution is 2.25. The van der Waals surface area contributed by atoms with Gasteiger partial charge in [0.15, 0.2) is 5.96 Å². The van der Waals surface area contributed by atoms with E-state index in [1.165, 1.54) is 6.42 Å². The van der Waals surface area contributed by atoms with Gasteiger partial charge in [0.25, 0.3) is 0 Å². The van der Waals surface area contributed by atoms with Crippen LogP contribution in [0.4, 0.5) is 5.69 Å². The molecule has 1 heterocycles. The van der Waals surface area contributed by atoms with Gasteiger partial charge in [-0.05, 0) is 37.5 Å². The maximum atomic E-state index is 12.5. The van der Waals surface area contributed by atoms with Gasteiger partial charge in [-0.2, -0.15) is 0 Å². The van der Waals surface area contributed by atoms with Crippen LogP contribution in [0.1, 0.15) is 48.4 Å². The van der Waals surface area contributed by atoms with E-state index < -0.39 is 0 Å². The Kier molecular flexibility index (Phi) is 8.04. The molecule has 29 heavy (non-hydrogen) atoms. The Morgan fingerprint density at radius 2 is 2.07 bits per heavy atom. The lowest BCUT2D eigenvalue weighted by atomic mass is 9.88. The van der Waals surface area contributed by atoms with Crippen molar-refractivity contribution < 1.29 is 4.79 Å². The smallest absolute Gasteiger partial charge is 0.227 e. The van der Waals surface area contributed by atoms with Gasteiger partial charge in [0.05, 0.1) is 10.7 Å². The zero-order valence-corrected chi connectivity index (χ0v) is 18.1. The van der Waals surface area contributed by atoms with Crippen LogP contribution in [0, 0.1) is 12.8 Å². The van der Waals surface area contributed by atoms with Crippen molar-refractivity contribution in [2.45, 2.75) is 52.0 Å². The molecule has 2 aromatic rings. The second-order valence-electron chi connectivity index (χ2n) is 7.48. The van der Waals surface area contributed by atoms with Crippen molar-refractivity contribution in [1.29, 1.82) is 0 Å². The Morgan fingerprint density at radius 3 is 2.79 bits per heavy atom. The zero-order chi connectivity index (χ0) is 20.5. The summed E-state index contributed by atoms with van der Waals surface area (Å²) < 4.78 is 0. The molecule has 0 spiro atoms. The third-order valence-corrected chi connectivity index (χ3v) is 6.02. The lowest BCUT2D eigenvalue weighted by Gasteiger charge is -2.21. The second kappa shape index (κ2) is 11.0. The average molecular weight is 414 g/mol. The first-order valence-corrected chi connectivity index (χ1v) is 11.3. The summed E-state index contributed by atoms with van der Waals surface area (Å²) in [7, 11) is 1.77. The molecule has 1 fully saturated rings. The number of carbonyl (C=O) groups excluding carboxylic acids is 1. The molecule has 0 unspecified atom stereocenters. The van der Waals surface area contributed by atoms with Crippen molar-refractivity contribution in [3.8, 4) is 0 Å². The van der Waals surface area contributed by atoms with Crippen LogP contribution in [-0.2, 0) is 17.8 Å². The Labute approximate surface area is 177 Å². The molecule has 1 aromatic heterocycles. The van der Waals surface area contributed by atoms with Gasteiger partial charge in [0, 0.05) is 43.5 Å². The Hall–Kier alpha value is -2.41. The summed E-state index contributed by atoms with van der Waals surface area (Å²) >= 11 is 1.68. The highest BCUT2D eigenvalue weighted by atomic mass is 32.1. The van der Waals surface area contributed by atoms with E-state index in [1.54, 1.807) is 18.4 Å². The second-order valence-corrected chi connectivity index (χ2v) is 8.55. The van der Waals surface area contributed by atoms with Gasteiger partial charge in [-0.15, -0.1) is 11.3 Å². The molecule has 7 heteroatoms. The number of guanidine groups is 1. The molecule has 1 amide bonds. The van der Waals surface area contributed by atoms with Crippen LogP contribution in [0.5, 0.6) is 0 Å². The van der Waals surface area contributed by atoms with Gasteiger partial charge < -0.3 is 16.0 Å². The minimum absolute atomic E-state index is 0.157. The van der Waals surface area contributed by atoms with Crippen LogP contribution < -0.4 is 16.0 Å². The Morgan fingerprint density at radius 1 is 1.24 bits per heavy atom. The molecule has 156 valence electrons. The van der Waals surface area contributed by atoms with Crippen molar-refractivity contribution in [3.05, 3.63) is 45.9 Å². The molecule has 1 aliphatic carbocycles. The third kappa shape index (κ3) is 6.85. The molecule has 1 aromatic carbocycles. The van der Waals surface area contributed by atoms with E-state index in [0.29, 0.717) is 6.54 Å². The molecule has 1 aliphatic rings. The van der Waals surface area contributed by atoms with E-state index in [-0.39, 0.29) is 11.8 Å². The number of nitrogens with zero attached hydrogens (tertiary/aromatic N) is 2. The summed E-state index contributed by atoms with van der Waals surface area (Å²) in [5.41, 5.74) is 3.07. The summed E-state index contributed by atoms with van der Waals surface area (Å²) in [6.45, 7) is 3.44. The molecule has 1 saturated carbocycles. The van der Waals surface area contributed by atoms with Crippen molar-refractivity contribution in [2.75, 3.05) is 18.9 Å². The zero-order valence-electron chi connectivity index (χ0n) is 17.3. The summed E-state index contributed by atoms with van der Waals surface area (Å²) in [6.07, 6.45) is 6.47. The lowest BCUT2D eigenvalue weighted by Crippen LogP contribution is -2.37. The maximum Gasteiger partial charge on any atom is 0.227 e. The summed E-state index contributed by atoms with van der Waals surface area (Å²) in [6, 6.07) is 8.01. The quantitative estimate of drug-likeness (QED) is 0.475. The summed E-state index contributed by atoms with van der Waals surface area (Å²) in [4.78, 5) is 21.2. The van der Waals surface area contributed by atoms with E-state index in [1.807, 2.05) is 25.1 Å². The van der Waals surface area contributed by atoms with E-state index in [2.05, 4.69) is 37.4 Å². The van der Waals surface area contributed by atoms with Crippen molar-refractivity contribution in [1.82, 2.24) is 15.6 Å². The predicted molar refractivity (Wildman–Crippen MR) is 120 cm³/mol. The number of hydrogen-bond acceptors (Lipinski definition) is 4. The third-order valence-electron chi connectivity index (χ3n) is 5.19. The number of aliphatic imine (C=N–C) groups is 1. The standard InChI is InChI=1S/C22H31N5OS/c1-16-26-20(15-29-16)11-12-24-22(23-2)25-14-17-7-6-10-19(13-17)27-21(28)18-8-4-3-5-9-18/h6-7,10,13,15,18H,3-5,8-9,11-12,14H2,1-2H3,(H,27,28)(H2,23,24,25). The van der Waals surface area contributed by atoms with E-state index in [4.69, 9.17) is 0 Å². The number of amides is 1. The molecule has 6 nitrogen and oxygen atoms in total. The molecule has 3 rings (SSSR count). The lowest BCUT2D eigenvalue weighted by molar-refractivity contribution is -0.120. The predicted octanol–water partition coefficient (Wildman–Crippen LogP) is 3.88. The molecule has 0 atom stereocenters.